The zero-order valence-electron chi connectivity index (χ0n) is 17.8. The first kappa shape index (κ1) is 21.7. The number of phenols is 2. The van der Waals surface area contributed by atoms with Gasteiger partial charge in [-0.1, -0.05) is 29.4 Å². The predicted molar refractivity (Wildman–Crippen MR) is 116 cm³/mol. The number of carbonyl (C=O) groups is 1. The first-order chi connectivity index (χ1) is 14.2. The average molecular weight is 408 g/mol. The lowest BCUT2D eigenvalue weighted by molar-refractivity contribution is 0.0211. The Morgan fingerprint density at radius 1 is 0.967 bits per heavy atom. The molecule has 0 radical (unpaired) electrons. The predicted octanol–water partition coefficient (Wildman–Crippen LogP) is 4.79. The maximum Gasteiger partial charge on any atom is 0.199 e. The van der Waals surface area contributed by atoms with Gasteiger partial charge < -0.3 is 20.1 Å². The van der Waals surface area contributed by atoms with E-state index in [1.54, 1.807) is 18.2 Å². The molecule has 1 aliphatic rings. The maximum absolute atomic E-state index is 12.9. The number of hydrogen-bond donors (Lipinski definition) is 3. The van der Waals surface area contributed by atoms with E-state index in [0.717, 1.165) is 11.1 Å². The fourth-order valence-electron chi connectivity index (χ4n) is 3.45. The van der Waals surface area contributed by atoms with Crippen molar-refractivity contribution in [2.45, 2.75) is 52.7 Å². The fraction of sp³-hybridized carbons (Fsp3) is 0.320. The van der Waals surface area contributed by atoms with E-state index in [2.05, 4.69) is 0 Å². The highest BCUT2D eigenvalue weighted by atomic mass is 16.5. The van der Waals surface area contributed by atoms with Crippen LogP contribution in [0.5, 0.6) is 17.2 Å². The second-order valence-corrected chi connectivity index (χ2v) is 8.15. The Kier molecular flexibility index (Phi) is 6.32. The highest BCUT2D eigenvalue weighted by Crippen LogP contribution is 2.42. The lowest BCUT2D eigenvalue weighted by Gasteiger charge is -2.31. The SMILES string of the molecule is CC(C)=CCc1cc([C@@H]2Oc3c(ccc(O)c3CC=C(C)C)C(=O)[C@@H]2O)ccc1O. The third kappa shape index (κ3) is 4.41. The highest BCUT2D eigenvalue weighted by molar-refractivity contribution is 6.03. The molecule has 2 aromatic carbocycles. The van der Waals surface area contributed by atoms with Crippen LogP contribution in [0.25, 0.3) is 0 Å². The lowest BCUT2D eigenvalue weighted by atomic mass is 9.90. The molecule has 0 unspecified atom stereocenters. The zero-order valence-corrected chi connectivity index (χ0v) is 17.8. The van der Waals surface area contributed by atoms with Crippen LogP contribution in [0.1, 0.15) is 60.8 Å². The fourth-order valence-corrected chi connectivity index (χ4v) is 3.45. The number of Topliss-reactive ketones (excluding diaryl/α,β-unsaturated/α-hetero) is 1. The Hall–Kier alpha value is -3.05. The number of aliphatic hydroxyl groups is 1. The second-order valence-electron chi connectivity index (χ2n) is 8.15. The summed E-state index contributed by atoms with van der Waals surface area (Å²) in [5.41, 5.74) is 4.25. The number of ketones is 1. The van der Waals surface area contributed by atoms with E-state index in [9.17, 15) is 20.1 Å². The molecule has 0 saturated heterocycles. The van der Waals surface area contributed by atoms with Gasteiger partial charge in [0.25, 0.3) is 0 Å². The minimum Gasteiger partial charge on any atom is -0.508 e. The Balaban J connectivity index is 2.04. The number of fused-ring (bicyclic) bond motifs is 1. The Labute approximate surface area is 177 Å². The number of benzene rings is 2. The summed E-state index contributed by atoms with van der Waals surface area (Å²) in [5, 5.41) is 31.2. The molecule has 0 saturated carbocycles. The van der Waals surface area contributed by atoms with E-state index < -0.39 is 18.0 Å². The molecule has 2 atom stereocenters. The molecule has 158 valence electrons. The Bertz CT molecular complexity index is 1020. The number of rotatable bonds is 5. The number of allylic oxidation sites excluding steroid dienone is 4. The van der Waals surface area contributed by atoms with Crippen LogP contribution in [-0.4, -0.2) is 27.2 Å². The number of aromatic hydroxyl groups is 2. The summed E-state index contributed by atoms with van der Waals surface area (Å²) in [6.07, 6.45) is 2.58. The van der Waals surface area contributed by atoms with Crippen molar-refractivity contribution in [1.82, 2.24) is 0 Å². The van der Waals surface area contributed by atoms with Crippen molar-refractivity contribution in [3.8, 4) is 17.2 Å². The molecule has 1 aliphatic heterocycles. The normalized spacial score (nSPS) is 17.7. The number of carbonyl (C=O) groups excluding carboxylic acids is 1. The summed E-state index contributed by atoms with van der Waals surface area (Å²) in [6.45, 7) is 7.86. The summed E-state index contributed by atoms with van der Waals surface area (Å²) in [5.74, 6) is 0.0460. The second kappa shape index (κ2) is 8.76. The molecule has 0 aliphatic carbocycles. The summed E-state index contributed by atoms with van der Waals surface area (Å²) < 4.78 is 6.11. The molecule has 0 fully saturated rings. The molecule has 0 amide bonds. The van der Waals surface area contributed by atoms with E-state index in [0.29, 0.717) is 35.3 Å². The molecular weight excluding hydrogens is 380 g/mol. The van der Waals surface area contributed by atoms with Crippen LogP contribution in [0.2, 0.25) is 0 Å². The quantitative estimate of drug-likeness (QED) is 0.619. The highest BCUT2D eigenvalue weighted by Gasteiger charge is 2.38. The van der Waals surface area contributed by atoms with Gasteiger partial charge in [-0.05, 0) is 75.9 Å². The van der Waals surface area contributed by atoms with Crippen molar-refractivity contribution in [2.75, 3.05) is 0 Å². The minimum atomic E-state index is -1.38. The molecular formula is C25H28O5. The molecule has 2 aromatic rings. The van der Waals surface area contributed by atoms with Gasteiger partial charge in [-0.15, -0.1) is 0 Å². The molecule has 0 spiro atoms. The number of phenolic OH excluding ortho intramolecular Hbond substituents is 2. The van der Waals surface area contributed by atoms with Crippen molar-refractivity contribution in [2.24, 2.45) is 0 Å². The van der Waals surface area contributed by atoms with Crippen LogP contribution in [-0.2, 0) is 12.8 Å². The van der Waals surface area contributed by atoms with Crippen molar-refractivity contribution in [3.05, 3.63) is 75.9 Å². The van der Waals surface area contributed by atoms with Crippen LogP contribution in [0, 0.1) is 0 Å². The first-order valence-corrected chi connectivity index (χ1v) is 10.0. The van der Waals surface area contributed by atoms with Crippen molar-refractivity contribution in [1.29, 1.82) is 0 Å². The van der Waals surface area contributed by atoms with E-state index in [1.165, 1.54) is 12.1 Å². The summed E-state index contributed by atoms with van der Waals surface area (Å²) in [4.78, 5) is 12.9. The molecule has 0 aromatic heterocycles. The van der Waals surface area contributed by atoms with Gasteiger partial charge in [0.2, 0.25) is 0 Å². The van der Waals surface area contributed by atoms with Gasteiger partial charge in [0.1, 0.15) is 17.2 Å². The van der Waals surface area contributed by atoms with E-state index in [4.69, 9.17) is 4.74 Å². The van der Waals surface area contributed by atoms with Gasteiger partial charge in [-0.25, -0.2) is 0 Å². The third-order valence-electron chi connectivity index (χ3n) is 5.18. The number of hydrogen-bond acceptors (Lipinski definition) is 5. The summed E-state index contributed by atoms with van der Waals surface area (Å²) >= 11 is 0. The van der Waals surface area contributed by atoms with Gasteiger partial charge in [-0.3, -0.25) is 4.79 Å². The summed E-state index contributed by atoms with van der Waals surface area (Å²) in [7, 11) is 0. The average Bonchev–Trinajstić information content (AvgIpc) is 2.69. The number of aliphatic hydroxyl groups excluding tert-OH is 1. The van der Waals surface area contributed by atoms with Gasteiger partial charge >= 0.3 is 0 Å². The third-order valence-corrected chi connectivity index (χ3v) is 5.18. The van der Waals surface area contributed by atoms with Crippen LogP contribution in [0.3, 0.4) is 0 Å². The lowest BCUT2D eigenvalue weighted by Crippen LogP contribution is -2.36. The Morgan fingerprint density at radius 2 is 1.60 bits per heavy atom. The van der Waals surface area contributed by atoms with Gasteiger partial charge in [0.05, 0.1) is 5.56 Å². The number of ether oxygens (including phenoxy) is 1. The molecule has 3 rings (SSSR count). The van der Waals surface area contributed by atoms with Crippen LogP contribution < -0.4 is 4.74 Å². The molecule has 0 bridgehead atoms. The molecule has 3 N–H and O–H groups in total. The van der Waals surface area contributed by atoms with Gasteiger partial charge in [-0.2, -0.15) is 0 Å². The van der Waals surface area contributed by atoms with E-state index >= 15 is 0 Å². The van der Waals surface area contributed by atoms with Crippen LogP contribution >= 0.6 is 0 Å². The van der Waals surface area contributed by atoms with Gasteiger partial charge in [0, 0.05) is 5.56 Å². The van der Waals surface area contributed by atoms with Crippen LogP contribution in [0.15, 0.2) is 53.6 Å². The monoisotopic (exact) mass is 408 g/mol. The first-order valence-electron chi connectivity index (χ1n) is 10.0. The van der Waals surface area contributed by atoms with Crippen molar-refractivity contribution in [3.63, 3.8) is 0 Å². The van der Waals surface area contributed by atoms with Crippen molar-refractivity contribution < 1.29 is 24.9 Å². The van der Waals surface area contributed by atoms with E-state index in [1.807, 2.05) is 39.8 Å². The minimum absolute atomic E-state index is 0.0455. The summed E-state index contributed by atoms with van der Waals surface area (Å²) in [6, 6.07) is 7.88. The largest absolute Gasteiger partial charge is 0.508 e. The van der Waals surface area contributed by atoms with E-state index in [-0.39, 0.29) is 17.1 Å². The topological polar surface area (TPSA) is 87.0 Å². The standard InChI is InChI=1S/C25H28O5/c1-14(2)5-7-16-13-17(8-11-20(16)26)24-23(29)22(28)19-10-12-21(27)18(25(19)30-24)9-6-15(3)4/h5-6,8,10-13,23-24,26-27,29H,7,9H2,1-4H3/t23-,24-/m0/s1. The molecule has 30 heavy (non-hydrogen) atoms. The smallest absolute Gasteiger partial charge is 0.199 e. The zero-order chi connectivity index (χ0) is 22.0. The van der Waals surface area contributed by atoms with Crippen LogP contribution in [0.4, 0.5) is 0 Å². The molecule has 5 heteroatoms. The van der Waals surface area contributed by atoms with Gasteiger partial charge in [0.15, 0.2) is 18.0 Å². The van der Waals surface area contributed by atoms with Crippen molar-refractivity contribution >= 4 is 5.78 Å². The molecule has 1 heterocycles. The molecule has 5 nitrogen and oxygen atoms in total. The maximum atomic E-state index is 12.9. The Morgan fingerprint density at radius 3 is 2.27 bits per heavy atom.